The van der Waals surface area contributed by atoms with Crippen LogP contribution < -0.4 is 16.1 Å². The number of aryl methyl sites for hydroxylation is 2. The molecule has 0 unspecified atom stereocenters. The monoisotopic (exact) mass is 343 g/mol. The molecule has 1 amide bonds. The van der Waals surface area contributed by atoms with E-state index in [0.29, 0.717) is 22.2 Å². The molecule has 0 saturated heterocycles. The number of aromatic amines is 1. The number of fused-ring (bicyclic) bond motifs is 1. The standard InChI is InChI=1S/C21H17N3O2/c1-13-8-9-15-11-16(20(25)22-19(15)10-13)12-18-14(2)23-24(21(18)26)17-6-4-3-5-7-17/h3-12,23H,1-2H3. The van der Waals surface area contributed by atoms with Gasteiger partial charge in [0.25, 0.3) is 11.5 Å². The summed E-state index contributed by atoms with van der Waals surface area (Å²) in [6.07, 6.45) is 3.39. The van der Waals surface area contributed by atoms with E-state index in [2.05, 4.69) is 10.1 Å². The second-order valence-electron chi connectivity index (χ2n) is 6.35. The molecule has 3 aromatic rings. The Hall–Kier alpha value is -3.47. The Labute approximate surface area is 149 Å². The summed E-state index contributed by atoms with van der Waals surface area (Å²) in [6.45, 7) is 3.77. The predicted molar refractivity (Wildman–Crippen MR) is 101 cm³/mol. The summed E-state index contributed by atoms with van der Waals surface area (Å²) in [6, 6.07) is 15.1. The molecule has 5 nitrogen and oxygen atoms in total. The summed E-state index contributed by atoms with van der Waals surface area (Å²) in [4.78, 5) is 29.3. The van der Waals surface area contributed by atoms with Gasteiger partial charge in [0.2, 0.25) is 0 Å². The van der Waals surface area contributed by atoms with Crippen molar-refractivity contribution < 1.29 is 4.79 Å². The molecule has 1 aliphatic heterocycles. The van der Waals surface area contributed by atoms with Crippen LogP contribution in [0.1, 0.15) is 16.8 Å². The highest BCUT2D eigenvalue weighted by molar-refractivity contribution is 6.07. The van der Waals surface area contributed by atoms with Gasteiger partial charge in [0.15, 0.2) is 0 Å². The van der Waals surface area contributed by atoms with Crippen LogP contribution in [0.4, 0.5) is 0 Å². The molecule has 4 rings (SSSR count). The van der Waals surface area contributed by atoms with Gasteiger partial charge in [-0.05, 0) is 49.8 Å². The zero-order valence-electron chi connectivity index (χ0n) is 14.5. The van der Waals surface area contributed by atoms with Crippen molar-refractivity contribution in [2.24, 2.45) is 4.99 Å². The van der Waals surface area contributed by atoms with Crippen LogP contribution in [-0.2, 0) is 4.79 Å². The fraction of sp³-hybridized carbons (Fsp3) is 0.0952. The Bertz CT molecular complexity index is 1230. The van der Waals surface area contributed by atoms with Crippen molar-refractivity contribution in [1.29, 1.82) is 0 Å². The fourth-order valence-corrected chi connectivity index (χ4v) is 3.02. The molecule has 0 aliphatic carbocycles. The maximum absolute atomic E-state index is 12.8. The van der Waals surface area contributed by atoms with Gasteiger partial charge in [-0.3, -0.25) is 14.7 Å². The molecule has 0 atom stereocenters. The number of amides is 1. The van der Waals surface area contributed by atoms with E-state index in [-0.39, 0.29) is 11.5 Å². The number of aromatic nitrogens is 2. The van der Waals surface area contributed by atoms with Crippen molar-refractivity contribution in [1.82, 2.24) is 9.78 Å². The van der Waals surface area contributed by atoms with Crippen LogP contribution in [0.25, 0.3) is 17.8 Å². The summed E-state index contributed by atoms with van der Waals surface area (Å²) >= 11 is 0. The normalized spacial score (nSPS) is 14.7. The van der Waals surface area contributed by atoms with E-state index in [1.807, 2.05) is 62.4 Å². The molecule has 2 heterocycles. The van der Waals surface area contributed by atoms with Gasteiger partial charge < -0.3 is 0 Å². The van der Waals surface area contributed by atoms with Crippen LogP contribution in [0.5, 0.6) is 0 Å². The topological polar surface area (TPSA) is 67.2 Å². The molecule has 1 aliphatic rings. The number of benzene rings is 2. The highest BCUT2D eigenvalue weighted by Crippen LogP contribution is 2.13. The lowest BCUT2D eigenvalue weighted by atomic mass is 10.1. The molecule has 0 saturated carbocycles. The molecule has 5 heteroatoms. The highest BCUT2D eigenvalue weighted by atomic mass is 16.1. The lowest BCUT2D eigenvalue weighted by molar-refractivity contribution is -0.114. The number of hydrogen-bond donors (Lipinski definition) is 1. The van der Waals surface area contributed by atoms with E-state index in [4.69, 9.17) is 0 Å². The summed E-state index contributed by atoms with van der Waals surface area (Å²) in [5.41, 5.74) is 3.16. The second kappa shape index (κ2) is 6.11. The average Bonchev–Trinajstić information content (AvgIpc) is 2.91. The van der Waals surface area contributed by atoms with Crippen LogP contribution in [0, 0.1) is 13.8 Å². The minimum absolute atomic E-state index is 0.197. The maximum atomic E-state index is 12.8. The molecule has 0 bridgehead atoms. The fourth-order valence-electron chi connectivity index (χ4n) is 3.02. The van der Waals surface area contributed by atoms with Crippen molar-refractivity contribution >= 4 is 18.1 Å². The van der Waals surface area contributed by atoms with Crippen molar-refractivity contribution in [3.63, 3.8) is 0 Å². The smallest absolute Gasteiger partial charge is 0.278 e. The van der Waals surface area contributed by atoms with E-state index >= 15 is 0 Å². The van der Waals surface area contributed by atoms with E-state index in [0.717, 1.165) is 16.5 Å². The Morgan fingerprint density at radius 1 is 1.04 bits per heavy atom. The average molecular weight is 343 g/mol. The number of carbonyl (C=O) groups is 1. The largest absolute Gasteiger partial charge is 0.295 e. The first-order valence-electron chi connectivity index (χ1n) is 8.33. The third-order valence-corrected chi connectivity index (χ3v) is 4.40. The number of rotatable bonds is 2. The molecule has 0 radical (unpaired) electrons. The number of nitrogens with one attached hydrogen (secondary N) is 1. The van der Waals surface area contributed by atoms with Crippen molar-refractivity contribution in [3.8, 4) is 5.69 Å². The van der Waals surface area contributed by atoms with Gasteiger partial charge >= 0.3 is 0 Å². The van der Waals surface area contributed by atoms with Gasteiger partial charge in [-0.2, -0.15) is 0 Å². The van der Waals surface area contributed by atoms with Crippen LogP contribution in [0.2, 0.25) is 0 Å². The van der Waals surface area contributed by atoms with E-state index in [9.17, 15) is 9.59 Å². The Balaban J connectivity index is 1.85. The lowest BCUT2D eigenvalue weighted by Gasteiger charge is -2.03. The van der Waals surface area contributed by atoms with Gasteiger partial charge in [0.1, 0.15) is 0 Å². The van der Waals surface area contributed by atoms with Crippen LogP contribution in [0.3, 0.4) is 0 Å². The van der Waals surface area contributed by atoms with Crippen LogP contribution in [-0.4, -0.2) is 15.7 Å². The number of nitrogens with zero attached hydrogens (tertiary/aromatic N) is 2. The first-order valence-corrected chi connectivity index (χ1v) is 8.33. The van der Waals surface area contributed by atoms with E-state index in [1.54, 1.807) is 12.2 Å². The number of H-pyrrole nitrogens is 1. The first kappa shape index (κ1) is 16.0. The molecule has 0 fully saturated rings. The molecule has 1 N–H and O–H groups in total. The third-order valence-electron chi connectivity index (χ3n) is 4.40. The van der Waals surface area contributed by atoms with E-state index in [1.165, 1.54) is 4.68 Å². The van der Waals surface area contributed by atoms with E-state index < -0.39 is 0 Å². The van der Waals surface area contributed by atoms with Gasteiger partial charge in [-0.1, -0.05) is 30.3 Å². The summed E-state index contributed by atoms with van der Waals surface area (Å²) in [5.74, 6) is -0.339. The first-order chi connectivity index (χ1) is 12.5. The maximum Gasteiger partial charge on any atom is 0.278 e. The molecular weight excluding hydrogens is 326 g/mol. The molecule has 128 valence electrons. The highest BCUT2D eigenvalue weighted by Gasteiger charge is 2.15. The minimum atomic E-state index is -0.339. The summed E-state index contributed by atoms with van der Waals surface area (Å²) < 4.78 is 1.48. The minimum Gasteiger partial charge on any atom is -0.295 e. The van der Waals surface area contributed by atoms with Gasteiger partial charge in [-0.15, -0.1) is 0 Å². The molecule has 26 heavy (non-hydrogen) atoms. The number of hydrogen-bond acceptors (Lipinski definition) is 2. The van der Waals surface area contributed by atoms with Crippen molar-refractivity contribution in [2.45, 2.75) is 13.8 Å². The molecular formula is C21H17N3O2. The second-order valence-corrected chi connectivity index (χ2v) is 6.35. The van der Waals surface area contributed by atoms with Crippen molar-refractivity contribution in [3.05, 3.63) is 91.9 Å². The Morgan fingerprint density at radius 3 is 2.58 bits per heavy atom. The number of carbonyl (C=O) groups excluding carboxylic acids is 1. The van der Waals surface area contributed by atoms with Crippen molar-refractivity contribution in [2.75, 3.05) is 0 Å². The summed E-state index contributed by atoms with van der Waals surface area (Å²) in [7, 11) is 0. The zero-order valence-corrected chi connectivity index (χ0v) is 14.5. The molecule has 1 aromatic heterocycles. The molecule has 0 spiro atoms. The Morgan fingerprint density at radius 2 is 1.81 bits per heavy atom. The van der Waals surface area contributed by atoms with Crippen LogP contribution in [0.15, 0.2) is 63.9 Å². The molecule has 2 aromatic carbocycles. The van der Waals surface area contributed by atoms with Crippen LogP contribution >= 0.6 is 0 Å². The SMILES string of the molecule is Cc1ccc2c(c1)=NC(=O)C(=Cc1c(C)[nH]n(-c3ccccc3)c1=O)C=2. The Kier molecular flexibility index (Phi) is 3.77. The zero-order chi connectivity index (χ0) is 18.3. The third kappa shape index (κ3) is 2.73. The van der Waals surface area contributed by atoms with Gasteiger partial charge in [-0.25, -0.2) is 9.67 Å². The quantitative estimate of drug-likeness (QED) is 0.721. The lowest BCUT2D eigenvalue weighted by Crippen LogP contribution is -2.30. The van der Waals surface area contributed by atoms with Gasteiger partial charge in [0.05, 0.1) is 16.6 Å². The number of para-hydroxylation sites is 1. The summed E-state index contributed by atoms with van der Waals surface area (Å²) in [5, 5.41) is 4.60. The predicted octanol–water partition coefficient (Wildman–Crippen LogP) is 1.81. The van der Waals surface area contributed by atoms with Gasteiger partial charge in [0, 0.05) is 16.5 Å².